The molecule has 1 aromatic carbocycles. The molecule has 0 spiro atoms. The van der Waals surface area contributed by atoms with Gasteiger partial charge < -0.3 is 10.1 Å². The Kier molecular flexibility index (Phi) is 4.97. The minimum absolute atomic E-state index is 0.179. The van der Waals surface area contributed by atoms with Crippen LogP contribution in [0.5, 0.6) is 5.75 Å². The summed E-state index contributed by atoms with van der Waals surface area (Å²) in [5.41, 5.74) is 0.840. The highest BCUT2D eigenvalue weighted by Gasteiger charge is 2.09. The monoisotopic (exact) mass is 336 g/mol. The van der Waals surface area contributed by atoms with E-state index in [1.54, 1.807) is 6.07 Å². The van der Waals surface area contributed by atoms with Crippen LogP contribution in [0, 0.1) is 0 Å². The molecule has 0 heterocycles. The van der Waals surface area contributed by atoms with Crippen LogP contribution in [0.1, 0.15) is 0 Å². The second kappa shape index (κ2) is 6.05. The number of alkyl halides is 1. The third-order valence-electron chi connectivity index (χ3n) is 1.90. The van der Waals surface area contributed by atoms with Gasteiger partial charge in [-0.1, -0.05) is 15.9 Å². The number of ether oxygens (including phenoxy) is 1. The second-order valence-electron chi connectivity index (χ2n) is 3.47. The average Bonchev–Trinajstić information content (AvgIpc) is 2.29. The molecule has 0 aromatic heterocycles. The van der Waals surface area contributed by atoms with Crippen LogP contribution < -0.4 is 14.8 Å². The molecule has 8 heteroatoms. The Morgan fingerprint density at radius 2 is 2.11 bits per heavy atom. The number of hydrogen-bond donors (Lipinski definition) is 2. The van der Waals surface area contributed by atoms with Gasteiger partial charge in [-0.3, -0.25) is 9.52 Å². The molecule has 1 rings (SSSR count). The Morgan fingerprint density at radius 1 is 1.44 bits per heavy atom. The Hall–Kier alpha value is -1.28. The van der Waals surface area contributed by atoms with E-state index in [9.17, 15) is 13.2 Å². The summed E-state index contributed by atoms with van der Waals surface area (Å²) in [6.07, 6.45) is 1.05. The van der Waals surface area contributed by atoms with Crippen LogP contribution in [-0.2, 0) is 14.8 Å². The number of carbonyl (C=O) groups is 1. The lowest BCUT2D eigenvalue weighted by Gasteiger charge is -2.11. The summed E-state index contributed by atoms with van der Waals surface area (Å²) in [6, 6.07) is 4.63. The molecule has 0 aliphatic carbocycles. The molecule has 1 amide bonds. The fraction of sp³-hybridized carbons (Fsp3) is 0.300. The fourth-order valence-corrected chi connectivity index (χ4v) is 1.96. The molecule has 0 unspecified atom stereocenters. The third kappa shape index (κ3) is 4.53. The van der Waals surface area contributed by atoms with E-state index in [1.165, 1.54) is 19.2 Å². The van der Waals surface area contributed by atoms with Crippen molar-refractivity contribution in [3.05, 3.63) is 18.2 Å². The van der Waals surface area contributed by atoms with Crippen molar-refractivity contribution in [1.29, 1.82) is 0 Å². The van der Waals surface area contributed by atoms with Crippen molar-refractivity contribution in [3.8, 4) is 5.75 Å². The topological polar surface area (TPSA) is 84.5 Å². The van der Waals surface area contributed by atoms with E-state index < -0.39 is 10.0 Å². The molecule has 0 atom stereocenters. The van der Waals surface area contributed by atoms with Crippen molar-refractivity contribution in [1.82, 2.24) is 0 Å². The first-order valence-corrected chi connectivity index (χ1v) is 7.88. The van der Waals surface area contributed by atoms with Gasteiger partial charge >= 0.3 is 0 Å². The number of carbonyl (C=O) groups excluding carboxylic acids is 1. The number of methoxy groups -OCH3 is 1. The standard InChI is InChI=1S/C10H13BrN2O4S/c1-17-9-5-7(12-10(14)6-11)3-4-8(9)13-18(2,15)16/h3-5,13H,6H2,1-2H3,(H,12,14). The third-order valence-corrected chi connectivity index (χ3v) is 3.00. The lowest BCUT2D eigenvalue weighted by atomic mass is 10.2. The summed E-state index contributed by atoms with van der Waals surface area (Å²) in [5, 5.41) is 2.79. The van der Waals surface area contributed by atoms with Gasteiger partial charge in [0.2, 0.25) is 15.9 Å². The molecular weight excluding hydrogens is 324 g/mol. The van der Waals surface area contributed by atoms with E-state index in [2.05, 4.69) is 26.0 Å². The van der Waals surface area contributed by atoms with E-state index in [0.717, 1.165) is 6.26 Å². The lowest BCUT2D eigenvalue weighted by Crippen LogP contribution is -2.13. The smallest absolute Gasteiger partial charge is 0.235 e. The summed E-state index contributed by atoms with van der Waals surface area (Å²) in [5.74, 6) is 0.119. The number of amides is 1. The van der Waals surface area contributed by atoms with Gasteiger partial charge in [-0.2, -0.15) is 0 Å². The molecule has 0 saturated heterocycles. The van der Waals surface area contributed by atoms with Crippen LogP contribution >= 0.6 is 15.9 Å². The van der Waals surface area contributed by atoms with Crippen LogP contribution in [0.3, 0.4) is 0 Å². The van der Waals surface area contributed by atoms with Gasteiger partial charge in [0.1, 0.15) is 5.75 Å². The zero-order chi connectivity index (χ0) is 13.8. The first-order valence-electron chi connectivity index (χ1n) is 4.87. The quantitative estimate of drug-likeness (QED) is 0.796. The zero-order valence-electron chi connectivity index (χ0n) is 9.86. The van der Waals surface area contributed by atoms with Crippen LogP contribution in [0.2, 0.25) is 0 Å². The van der Waals surface area contributed by atoms with E-state index in [-0.39, 0.29) is 11.2 Å². The van der Waals surface area contributed by atoms with Crippen molar-refractivity contribution >= 4 is 43.2 Å². The summed E-state index contributed by atoms with van der Waals surface area (Å²) in [4.78, 5) is 11.2. The maximum atomic E-state index is 11.2. The number of benzene rings is 1. The van der Waals surface area contributed by atoms with Crippen molar-refractivity contribution in [2.24, 2.45) is 0 Å². The van der Waals surface area contributed by atoms with Crippen molar-refractivity contribution in [2.75, 3.05) is 28.7 Å². The highest BCUT2D eigenvalue weighted by molar-refractivity contribution is 9.09. The Bertz CT molecular complexity index is 545. The highest BCUT2D eigenvalue weighted by Crippen LogP contribution is 2.28. The van der Waals surface area contributed by atoms with Gasteiger partial charge in [0.05, 0.1) is 24.4 Å². The fourth-order valence-electron chi connectivity index (χ4n) is 1.25. The number of hydrogen-bond acceptors (Lipinski definition) is 4. The summed E-state index contributed by atoms with van der Waals surface area (Å²) >= 11 is 3.03. The zero-order valence-corrected chi connectivity index (χ0v) is 12.3. The molecule has 0 fully saturated rings. The minimum Gasteiger partial charge on any atom is -0.494 e. The lowest BCUT2D eigenvalue weighted by molar-refractivity contribution is -0.113. The second-order valence-corrected chi connectivity index (χ2v) is 5.78. The van der Waals surface area contributed by atoms with Gasteiger partial charge in [0, 0.05) is 11.8 Å². The molecule has 1 aromatic rings. The average molecular weight is 337 g/mol. The number of rotatable bonds is 5. The highest BCUT2D eigenvalue weighted by atomic mass is 79.9. The largest absolute Gasteiger partial charge is 0.494 e. The summed E-state index contributed by atoms with van der Waals surface area (Å²) in [7, 11) is -1.96. The number of sulfonamides is 1. The van der Waals surface area contributed by atoms with Crippen molar-refractivity contribution in [3.63, 3.8) is 0 Å². The normalized spacial score (nSPS) is 10.8. The maximum Gasteiger partial charge on any atom is 0.235 e. The van der Waals surface area contributed by atoms with Gasteiger partial charge in [0.15, 0.2) is 0 Å². The van der Waals surface area contributed by atoms with Gasteiger partial charge in [-0.25, -0.2) is 8.42 Å². The Morgan fingerprint density at radius 3 is 2.61 bits per heavy atom. The van der Waals surface area contributed by atoms with Gasteiger partial charge in [-0.05, 0) is 12.1 Å². The van der Waals surface area contributed by atoms with E-state index in [4.69, 9.17) is 4.74 Å². The summed E-state index contributed by atoms with van der Waals surface area (Å²) < 4.78 is 29.6. The van der Waals surface area contributed by atoms with Crippen LogP contribution in [0.15, 0.2) is 18.2 Å². The molecular formula is C10H13BrN2O4S. The van der Waals surface area contributed by atoms with Crippen LogP contribution in [-0.4, -0.2) is 33.0 Å². The molecule has 18 heavy (non-hydrogen) atoms. The molecule has 0 aliphatic rings. The molecule has 100 valence electrons. The maximum absolute atomic E-state index is 11.2. The predicted octanol–water partition coefficient (Wildman–Crippen LogP) is 1.40. The molecule has 0 bridgehead atoms. The number of nitrogens with one attached hydrogen (secondary N) is 2. The van der Waals surface area contributed by atoms with Crippen molar-refractivity contribution < 1.29 is 17.9 Å². The Labute approximate surface area is 114 Å². The van der Waals surface area contributed by atoms with E-state index >= 15 is 0 Å². The molecule has 0 saturated carbocycles. The summed E-state index contributed by atoms with van der Waals surface area (Å²) in [6.45, 7) is 0. The molecule has 2 N–H and O–H groups in total. The molecule has 0 radical (unpaired) electrons. The van der Waals surface area contributed by atoms with Gasteiger partial charge in [0.25, 0.3) is 0 Å². The number of halogens is 1. The SMILES string of the molecule is COc1cc(NC(=O)CBr)ccc1NS(C)(=O)=O. The van der Waals surface area contributed by atoms with Gasteiger partial charge in [-0.15, -0.1) is 0 Å². The first kappa shape index (κ1) is 14.8. The molecule has 6 nitrogen and oxygen atoms in total. The molecule has 0 aliphatic heterocycles. The van der Waals surface area contributed by atoms with Crippen molar-refractivity contribution in [2.45, 2.75) is 0 Å². The van der Waals surface area contributed by atoms with E-state index in [0.29, 0.717) is 17.1 Å². The number of anilines is 2. The Balaban J connectivity index is 3.00. The minimum atomic E-state index is -3.38. The van der Waals surface area contributed by atoms with Crippen LogP contribution in [0.25, 0.3) is 0 Å². The van der Waals surface area contributed by atoms with Crippen LogP contribution in [0.4, 0.5) is 11.4 Å². The predicted molar refractivity (Wildman–Crippen MR) is 73.9 cm³/mol. The van der Waals surface area contributed by atoms with E-state index in [1.807, 2.05) is 0 Å². The first-order chi connectivity index (χ1) is 8.35.